The van der Waals surface area contributed by atoms with E-state index in [2.05, 4.69) is 0 Å². The molecule has 0 spiro atoms. The summed E-state index contributed by atoms with van der Waals surface area (Å²) in [7, 11) is -1.50. The fraction of sp³-hybridized carbons (Fsp3) is 0. The summed E-state index contributed by atoms with van der Waals surface area (Å²) < 4.78 is 8.57. The molecule has 0 aliphatic rings. The van der Waals surface area contributed by atoms with Crippen molar-refractivity contribution in [3.8, 4) is 0 Å². The van der Waals surface area contributed by atoms with Crippen molar-refractivity contribution in [2.45, 2.75) is 0 Å². The van der Waals surface area contributed by atoms with Gasteiger partial charge in [0, 0.05) is 9.90 Å². The van der Waals surface area contributed by atoms with Gasteiger partial charge in [0.15, 0.2) is 8.69 Å². The summed E-state index contributed by atoms with van der Waals surface area (Å²) in [5, 5.41) is 0. The van der Waals surface area contributed by atoms with Crippen molar-refractivity contribution in [1.82, 2.24) is 0 Å². The van der Waals surface area contributed by atoms with E-state index in [9.17, 15) is 0 Å². The molecule has 25 valence electrons. The lowest BCUT2D eigenvalue weighted by atomic mass is 15.9. The topological polar surface area (TPSA) is 37.3 Å². The van der Waals surface area contributed by atoms with Gasteiger partial charge in [0.2, 0.25) is 0 Å². The van der Waals surface area contributed by atoms with Gasteiger partial charge in [-0.3, -0.25) is 4.57 Å². The Labute approximate surface area is 29.1 Å². The third kappa shape index (κ3) is 17.9. The molecule has 4 heavy (non-hydrogen) atoms. The zero-order chi connectivity index (χ0) is 2.71. The van der Waals surface area contributed by atoms with Gasteiger partial charge >= 0.3 is 0 Å². The molecule has 0 heterocycles. The molecule has 0 aromatic carbocycles. The minimum absolute atomic E-state index is 0. The number of hydrogen-bond donors (Lipinski definition) is 1. The first-order chi connectivity index (χ1) is 1.41. The van der Waals surface area contributed by atoms with Crippen molar-refractivity contribution in [3.05, 3.63) is 0 Å². The number of rotatable bonds is 0. The summed E-state index contributed by atoms with van der Waals surface area (Å²) in [5.41, 5.74) is 0. The van der Waals surface area contributed by atoms with E-state index in [-0.39, 0.29) is 9.90 Å². The molecule has 1 N–H and O–H groups in total. The van der Waals surface area contributed by atoms with Crippen LogP contribution < -0.4 is 0 Å². The SMILES string of the molecule is O=[PH2]O.[P]. The molecule has 0 aromatic heterocycles. The summed E-state index contributed by atoms with van der Waals surface area (Å²) in [6.45, 7) is 0. The van der Waals surface area contributed by atoms with Gasteiger partial charge in [-0.25, -0.2) is 0 Å². The molecular formula is H3O2P2. The van der Waals surface area contributed by atoms with E-state index in [1.54, 1.807) is 0 Å². The van der Waals surface area contributed by atoms with Crippen LogP contribution in [-0.4, -0.2) is 4.89 Å². The molecular weight excluding hydrogens is 93.9 g/mol. The first-order valence-electron chi connectivity index (χ1n) is 0.494. The van der Waals surface area contributed by atoms with E-state index in [1.807, 2.05) is 0 Å². The second-order valence-electron chi connectivity index (χ2n) is 0.105. The van der Waals surface area contributed by atoms with Crippen LogP contribution in [0.25, 0.3) is 0 Å². The molecule has 0 aliphatic carbocycles. The van der Waals surface area contributed by atoms with Crippen LogP contribution in [0.15, 0.2) is 0 Å². The van der Waals surface area contributed by atoms with E-state index in [0.717, 1.165) is 0 Å². The predicted molar refractivity (Wildman–Crippen MR) is 19.5 cm³/mol. The maximum absolute atomic E-state index is 8.57. The Morgan fingerprint density at radius 3 is 1.75 bits per heavy atom. The van der Waals surface area contributed by atoms with Crippen molar-refractivity contribution < 1.29 is 9.46 Å². The monoisotopic (exact) mass is 97.0 g/mol. The third-order valence-electron chi connectivity index (χ3n) is 0. The molecule has 2 nitrogen and oxygen atoms in total. The van der Waals surface area contributed by atoms with Gasteiger partial charge in [0.25, 0.3) is 0 Å². The summed E-state index contributed by atoms with van der Waals surface area (Å²) in [4.78, 5) is 7.10. The normalized spacial score (nSPS) is 7.25. The maximum Gasteiger partial charge on any atom is 0.177 e. The maximum atomic E-state index is 8.57. The minimum Gasteiger partial charge on any atom is -0.348 e. The zero-order valence-corrected chi connectivity index (χ0v) is 3.93. The third-order valence-corrected chi connectivity index (χ3v) is 0. The molecule has 0 fully saturated rings. The van der Waals surface area contributed by atoms with Gasteiger partial charge in [-0.2, -0.15) is 0 Å². The Balaban J connectivity index is 0. The van der Waals surface area contributed by atoms with Crippen molar-refractivity contribution in [2.75, 3.05) is 0 Å². The van der Waals surface area contributed by atoms with E-state index in [1.165, 1.54) is 0 Å². The highest BCUT2D eigenvalue weighted by atomic mass is 31.1. The molecule has 0 bridgehead atoms. The van der Waals surface area contributed by atoms with Crippen molar-refractivity contribution >= 4 is 18.6 Å². The molecule has 3 radical (unpaired) electrons. The van der Waals surface area contributed by atoms with Crippen molar-refractivity contribution in [1.29, 1.82) is 0 Å². The average Bonchev–Trinajstić information content (AvgIpc) is 0.918. The molecule has 0 aliphatic heterocycles. The Morgan fingerprint density at radius 2 is 1.75 bits per heavy atom. The largest absolute Gasteiger partial charge is 0.348 e. The fourth-order valence-electron chi connectivity index (χ4n) is 0. The van der Waals surface area contributed by atoms with E-state index in [0.29, 0.717) is 0 Å². The Bertz CT molecular complexity index is 11.5. The molecule has 0 rings (SSSR count). The van der Waals surface area contributed by atoms with E-state index < -0.39 is 8.69 Å². The summed E-state index contributed by atoms with van der Waals surface area (Å²) >= 11 is 0. The quantitative estimate of drug-likeness (QED) is 0.447. The van der Waals surface area contributed by atoms with E-state index in [4.69, 9.17) is 9.46 Å². The second-order valence-corrected chi connectivity index (χ2v) is 0.316. The lowest BCUT2D eigenvalue weighted by Crippen LogP contribution is -1.03. The highest BCUT2D eigenvalue weighted by Gasteiger charge is 1.17. The number of hydrogen-bond acceptors (Lipinski definition) is 1. The predicted octanol–water partition coefficient (Wildman–Crippen LogP) is 0.511. The zero-order valence-electron chi connectivity index (χ0n) is 1.88. The Morgan fingerprint density at radius 1 is 1.75 bits per heavy atom. The molecule has 0 amide bonds. The van der Waals surface area contributed by atoms with Crippen LogP contribution in [0, 0.1) is 0 Å². The van der Waals surface area contributed by atoms with Crippen molar-refractivity contribution in [2.24, 2.45) is 0 Å². The van der Waals surface area contributed by atoms with Crippen LogP contribution >= 0.6 is 18.6 Å². The van der Waals surface area contributed by atoms with Crippen LogP contribution in [-0.2, 0) is 4.57 Å². The van der Waals surface area contributed by atoms with Gasteiger partial charge in [-0.1, -0.05) is 0 Å². The molecule has 4 heteroatoms. The summed E-state index contributed by atoms with van der Waals surface area (Å²) in [6, 6.07) is 0. The average molecular weight is 97.0 g/mol. The van der Waals surface area contributed by atoms with Crippen LogP contribution in [0.4, 0.5) is 0 Å². The van der Waals surface area contributed by atoms with Crippen molar-refractivity contribution in [3.63, 3.8) is 0 Å². The van der Waals surface area contributed by atoms with Crippen LogP contribution in [0.3, 0.4) is 0 Å². The van der Waals surface area contributed by atoms with Gasteiger partial charge < -0.3 is 4.89 Å². The smallest absolute Gasteiger partial charge is 0.177 e. The van der Waals surface area contributed by atoms with Crippen LogP contribution in [0.5, 0.6) is 0 Å². The first kappa shape index (κ1) is 8.82. The highest BCUT2D eigenvalue weighted by molar-refractivity contribution is 7.16. The molecule has 1 unspecified atom stereocenters. The molecule has 1 atom stereocenters. The first-order valence-corrected chi connectivity index (χ1v) is 1.48. The Kier molecular flexibility index (Phi) is 20.9. The van der Waals surface area contributed by atoms with Gasteiger partial charge in [0.1, 0.15) is 0 Å². The highest BCUT2D eigenvalue weighted by Crippen LogP contribution is 1.66. The molecule has 0 aromatic rings. The minimum atomic E-state index is -1.50. The summed E-state index contributed by atoms with van der Waals surface area (Å²) in [5.74, 6) is 0. The van der Waals surface area contributed by atoms with Gasteiger partial charge in [0.05, 0.1) is 0 Å². The van der Waals surface area contributed by atoms with Crippen LogP contribution in [0.1, 0.15) is 0 Å². The fourth-order valence-corrected chi connectivity index (χ4v) is 0. The van der Waals surface area contributed by atoms with Gasteiger partial charge in [-0.15, -0.1) is 0 Å². The second kappa shape index (κ2) is 9.47. The van der Waals surface area contributed by atoms with Crippen LogP contribution in [0.2, 0.25) is 0 Å². The lowest BCUT2D eigenvalue weighted by molar-refractivity contribution is 0.524. The van der Waals surface area contributed by atoms with E-state index >= 15 is 0 Å². The lowest BCUT2D eigenvalue weighted by Gasteiger charge is -1.33. The standard InChI is InChI=1S/H3O2P.P/c1-3-2;/h3H2,(H,1,2);. The molecule has 0 saturated carbocycles. The van der Waals surface area contributed by atoms with Gasteiger partial charge in [-0.05, 0) is 0 Å². The Hall–Kier alpha value is 0.620. The molecule has 0 saturated heterocycles. The summed E-state index contributed by atoms with van der Waals surface area (Å²) in [6.07, 6.45) is 0.